The monoisotopic (exact) mass is 530 g/mol. The van der Waals surface area contributed by atoms with Gasteiger partial charge in [0.05, 0.1) is 17.1 Å². The van der Waals surface area contributed by atoms with Gasteiger partial charge in [0.15, 0.2) is 11.6 Å². The molecular weight excluding hydrogens is 513 g/mol. The molecule has 1 aromatic heterocycles. The summed E-state index contributed by atoms with van der Waals surface area (Å²) in [5.41, 5.74) is 5.04. The second kappa shape index (κ2) is 11.2. The number of carbonyl (C=O) groups is 1. The van der Waals surface area contributed by atoms with Gasteiger partial charge in [0.25, 0.3) is 0 Å². The Morgan fingerprint density at radius 1 is 1.03 bits per heavy atom. The second-order valence-corrected chi connectivity index (χ2v) is 8.13. The van der Waals surface area contributed by atoms with Crippen molar-refractivity contribution in [3.8, 4) is 5.88 Å². The largest absolute Gasteiger partial charge is 1.00 e. The molecule has 5 nitrogen and oxygen atoms in total. The summed E-state index contributed by atoms with van der Waals surface area (Å²) in [7, 11) is 0. The minimum Gasteiger partial charge on any atom is -0.545 e. The van der Waals surface area contributed by atoms with E-state index in [0.29, 0.717) is 47.9 Å². The van der Waals surface area contributed by atoms with Crippen LogP contribution in [-0.2, 0) is 12.8 Å². The molecule has 4 rings (SSSR count). The van der Waals surface area contributed by atoms with Gasteiger partial charge in [0.1, 0.15) is 12.4 Å². The average Bonchev–Trinajstić information content (AvgIpc) is 3.30. The number of nitrogen functional groups attached to an aromatic ring is 1. The molecule has 0 radical (unpaired) electrons. The third kappa shape index (κ3) is 6.11. The van der Waals surface area contributed by atoms with Gasteiger partial charge in [-0.05, 0) is 77.9 Å². The molecule has 0 unspecified atom stereocenters. The van der Waals surface area contributed by atoms with Gasteiger partial charge in [0, 0.05) is 17.4 Å². The Morgan fingerprint density at radius 2 is 1.70 bits per heavy atom. The van der Waals surface area contributed by atoms with E-state index >= 15 is 0 Å². The number of carbonyl (C=O) groups excluding carboxylic acids is 1. The summed E-state index contributed by atoms with van der Waals surface area (Å²) in [5.74, 6) is -5.74. The number of hydrogen-bond acceptors (Lipinski definition) is 5. The van der Waals surface area contributed by atoms with Crippen molar-refractivity contribution in [3.05, 3.63) is 87.9 Å². The molecule has 0 saturated carbocycles. The van der Waals surface area contributed by atoms with Gasteiger partial charge >= 0.3 is 35.7 Å². The van der Waals surface area contributed by atoms with Crippen molar-refractivity contribution in [1.29, 1.82) is 0 Å². The van der Waals surface area contributed by atoms with Gasteiger partial charge in [-0.2, -0.15) is 13.2 Å². The average molecular weight is 530 g/mol. The van der Waals surface area contributed by atoms with E-state index in [4.69, 9.17) is 10.5 Å². The van der Waals surface area contributed by atoms with Crippen molar-refractivity contribution in [3.63, 3.8) is 0 Å². The molecule has 0 fully saturated rings. The number of hydrogen-bond donors (Lipinski definition) is 1. The molecule has 3 aromatic rings. The van der Waals surface area contributed by atoms with Gasteiger partial charge in [0.2, 0.25) is 5.88 Å². The maximum Gasteiger partial charge on any atom is 1.00 e. The summed E-state index contributed by atoms with van der Waals surface area (Å²) < 4.78 is 87.5. The molecule has 0 bridgehead atoms. The standard InChI is InChI=1S/C25H18F6N2O3.Na/c26-20-4-5-21(27)22(28)19(20)11-36-23-18(9-14(10-33-23)25(29,30)31)17-3-1-2-16(17)12-6-13(24(34)35)8-15(32)7-12;/h4-10H,1-3,11,32H2,(H,34,35);/q;+1/p-1. The predicted molar refractivity (Wildman–Crippen MR) is 116 cm³/mol. The molecule has 37 heavy (non-hydrogen) atoms. The molecule has 0 spiro atoms. The van der Waals surface area contributed by atoms with E-state index < -0.39 is 47.3 Å². The van der Waals surface area contributed by atoms with Crippen LogP contribution in [0.3, 0.4) is 0 Å². The van der Waals surface area contributed by atoms with Crippen molar-refractivity contribution >= 4 is 22.8 Å². The van der Waals surface area contributed by atoms with E-state index in [0.717, 1.165) is 6.07 Å². The van der Waals surface area contributed by atoms with Crippen LogP contribution in [0, 0.1) is 17.5 Å². The Kier molecular flexibility index (Phi) is 8.61. The summed E-state index contributed by atoms with van der Waals surface area (Å²) in [6, 6.07) is 6.06. The Balaban J connectivity index is 0.00000380. The minimum absolute atomic E-state index is 0. The number of nitrogens with zero attached hydrogens (tertiary/aromatic N) is 1. The van der Waals surface area contributed by atoms with Gasteiger partial charge in [-0.3, -0.25) is 0 Å². The summed E-state index contributed by atoms with van der Waals surface area (Å²) in [6.07, 6.45) is -3.05. The zero-order chi connectivity index (χ0) is 26.2. The third-order valence-corrected chi connectivity index (χ3v) is 5.75. The fraction of sp³-hybridized carbons (Fsp3) is 0.200. The molecule has 188 valence electrons. The van der Waals surface area contributed by atoms with E-state index in [2.05, 4.69) is 4.98 Å². The fourth-order valence-corrected chi connectivity index (χ4v) is 4.08. The van der Waals surface area contributed by atoms with Crippen molar-refractivity contribution in [2.45, 2.75) is 32.0 Å². The number of aromatic carboxylic acids is 1. The number of carboxylic acid groups (broad SMARTS) is 1. The number of benzene rings is 2. The topological polar surface area (TPSA) is 88.3 Å². The van der Waals surface area contributed by atoms with Crippen molar-refractivity contribution in [1.82, 2.24) is 4.98 Å². The van der Waals surface area contributed by atoms with Gasteiger partial charge in [-0.15, -0.1) is 0 Å². The number of nitrogens with two attached hydrogens (primary N) is 1. The normalized spacial score (nSPS) is 13.5. The SMILES string of the molecule is Nc1cc(C(=O)[O-])cc(C2=C(c3cc(C(F)(F)F)cnc3OCc3c(F)ccc(F)c3F)CCC2)c1.[Na+]. The smallest absolute Gasteiger partial charge is 0.545 e. The van der Waals surface area contributed by atoms with Crippen molar-refractivity contribution < 1.29 is 70.5 Å². The van der Waals surface area contributed by atoms with Crippen molar-refractivity contribution in [2.75, 3.05) is 5.73 Å². The van der Waals surface area contributed by atoms with Gasteiger partial charge in [-0.25, -0.2) is 18.2 Å². The third-order valence-electron chi connectivity index (χ3n) is 5.75. The molecule has 1 aliphatic carbocycles. The van der Waals surface area contributed by atoms with Crippen LogP contribution in [0.4, 0.5) is 32.0 Å². The number of aromatic nitrogens is 1. The molecule has 0 atom stereocenters. The predicted octanol–water partition coefficient (Wildman–Crippen LogP) is 2.14. The first kappa shape index (κ1) is 28.5. The maximum absolute atomic E-state index is 14.1. The first-order valence-corrected chi connectivity index (χ1v) is 10.6. The van der Waals surface area contributed by atoms with Crippen LogP contribution in [-0.4, -0.2) is 11.0 Å². The molecule has 0 aliphatic heterocycles. The number of allylic oxidation sites excluding steroid dienone is 2. The number of anilines is 1. The molecule has 12 heteroatoms. The van der Waals surface area contributed by atoms with E-state index in [1.807, 2.05) is 0 Å². The number of pyridine rings is 1. The van der Waals surface area contributed by atoms with Crippen LogP contribution in [0.5, 0.6) is 5.88 Å². The first-order chi connectivity index (χ1) is 17.0. The van der Waals surface area contributed by atoms with E-state index in [1.165, 1.54) is 18.2 Å². The van der Waals surface area contributed by atoms with Crippen molar-refractivity contribution in [2.24, 2.45) is 0 Å². The van der Waals surface area contributed by atoms with Crippen LogP contribution in [0.1, 0.15) is 51.9 Å². The van der Waals surface area contributed by atoms with Crippen LogP contribution < -0.4 is 45.1 Å². The Hall–Kier alpha value is -3.02. The molecule has 2 N–H and O–H groups in total. The summed E-state index contributed by atoms with van der Waals surface area (Å²) >= 11 is 0. The van der Waals surface area contributed by atoms with Crippen LogP contribution in [0.2, 0.25) is 0 Å². The molecule has 0 saturated heterocycles. The number of rotatable bonds is 6. The Bertz CT molecular complexity index is 1390. The van der Waals surface area contributed by atoms with Crippen LogP contribution in [0.15, 0.2) is 42.6 Å². The zero-order valence-electron chi connectivity index (χ0n) is 19.4. The number of alkyl halides is 3. The summed E-state index contributed by atoms with van der Waals surface area (Å²) in [4.78, 5) is 15.1. The number of halogens is 6. The Labute approximate surface area is 229 Å². The zero-order valence-corrected chi connectivity index (χ0v) is 21.4. The van der Waals surface area contributed by atoms with E-state index in [-0.39, 0.29) is 58.7 Å². The summed E-state index contributed by atoms with van der Waals surface area (Å²) in [6.45, 7) is -0.837. The molecule has 1 aliphatic rings. The molecule has 0 amide bonds. The molecule has 1 heterocycles. The fourth-order valence-electron chi connectivity index (χ4n) is 4.08. The van der Waals surface area contributed by atoms with Gasteiger partial charge in [-0.1, -0.05) is 0 Å². The van der Waals surface area contributed by atoms with Gasteiger partial charge < -0.3 is 20.4 Å². The minimum atomic E-state index is -4.75. The molecule has 2 aromatic carbocycles. The van der Waals surface area contributed by atoms with E-state index in [9.17, 15) is 36.2 Å². The van der Waals surface area contributed by atoms with E-state index in [1.54, 1.807) is 0 Å². The molecular formula is C25H17F6N2NaO3. The van der Waals surface area contributed by atoms with Crippen LogP contribution in [0.25, 0.3) is 11.1 Å². The summed E-state index contributed by atoms with van der Waals surface area (Å²) in [5, 5.41) is 11.4. The Morgan fingerprint density at radius 3 is 2.38 bits per heavy atom. The van der Waals surface area contributed by atoms with Crippen LogP contribution >= 0.6 is 0 Å². The number of carboxylic acids is 1. The number of ether oxygens (including phenoxy) is 1. The first-order valence-electron chi connectivity index (χ1n) is 10.6. The second-order valence-electron chi connectivity index (χ2n) is 8.13. The maximum atomic E-state index is 14.1. The quantitative estimate of drug-likeness (QED) is 0.229.